The smallest absolute Gasteiger partial charge is 0.120 e. The van der Waals surface area contributed by atoms with Gasteiger partial charge in [-0.05, 0) is 18.2 Å². The van der Waals surface area contributed by atoms with Crippen molar-refractivity contribution in [1.29, 1.82) is 0 Å². The van der Waals surface area contributed by atoms with Crippen LogP contribution >= 0.6 is 0 Å². The fourth-order valence-corrected chi connectivity index (χ4v) is 0.937. The zero-order valence-electron chi connectivity index (χ0n) is 6.44. The van der Waals surface area contributed by atoms with Crippen LogP contribution in [0.15, 0.2) is 18.2 Å². The number of phenols is 2. The van der Waals surface area contributed by atoms with Gasteiger partial charge in [0.15, 0.2) is 0 Å². The number of rotatable bonds is 2. The summed E-state index contributed by atoms with van der Waals surface area (Å²) in [6.07, 6.45) is 0. The highest BCUT2D eigenvalue weighted by Crippen LogP contribution is 2.26. The largest absolute Gasteiger partial charge is 0.508 e. The lowest BCUT2D eigenvalue weighted by molar-refractivity contribution is 0.265. The van der Waals surface area contributed by atoms with Crippen LogP contribution < -0.4 is 5.73 Å². The first kappa shape index (κ1) is 8.83. The molecule has 0 aliphatic rings. The second-order valence-corrected chi connectivity index (χ2v) is 2.53. The molecule has 0 aliphatic carbocycles. The zero-order valence-corrected chi connectivity index (χ0v) is 6.44. The monoisotopic (exact) mass is 169 g/mol. The summed E-state index contributed by atoms with van der Waals surface area (Å²) in [4.78, 5) is 0. The van der Waals surface area contributed by atoms with E-state index in [0.717, 1.165) is 0 Å². The molecule has 0 radical (unpaired) electrons. The molecular weight excluding hydrogens is 158 g/mol. The van der Waals surface area contributed by atoms with Gasteiger partial charge < -0.3 is 21.1 Å². The molecule has 0 aromatic heterocycles. The van der Waals surface area contributed by atoms with E-state index in [1.807, 2.05) is 0 Å². The fraction of sp³-hybridized carbons (Fsp3) is 0.250. The number of benzene rings is 1. The van der Waals surface area contributed by atoms with Crippen LogP contribution in [0.2, 0.25) is 0 Å². The Morgan fingerprint density at radius 1 is 1.33 bits per heavy atom. The highest BCUT2D eigenvalue weighted by molar-refractivity contribution is 5.40. The Labute approximate surface area is 69.9 Å². The topological polar surface area (TPSA) is 86.7 Å². The molecule has 0 bridgehead atoms. The van der Waals surface area contributed by atoms with Gasteiger partial charge in [0, 0.05) is 5.56 Å². The third kappa shape index (κ3) is 1.66. The van der Waals surface area contributed by atoms with Crippen molar-refractivity contribution < 1.29 is 15.3 Å². The Kier molecular flexibility index (Phi) is 2.52. The van der Waals surface area contributed by atoms with Gasteiger partial charge in [-0.3, -0.25) is 0 Å². The molecule has 0 aliphatic heterocycles. The average molecular weight is 169 g/mol. The molecule has 0 saturated heterocycles. The maximum Gasteiger partial charge on any atom is 0.120 e. The van der Waals surface area contributed by atoms with Crippen molar-refractivity contribution in [2.75, 3.05) is 6.61 Å². The number of aliphatic hydroxyl groups is 1. The van der Waals surface area contributed by atoms with Gasteiger partial charge in [0.2, 0.25) is 0 Å². The first-order valence-electron chi connectivity index (χ1n) is 3.53. The third-order valence-corrected chi connectivity index (χ3v) is 1.61. The van der Waals surface area contributed by atoms with Crippen LogP contribution in [0.3, 0.4) is 0 Å². The van der Waals surface area contributed by atoms with Gasteiger partial charge >= 0.3 is 0 Å². The molecule has 1 rings (SSSR count). The number of nitrogens with two attached hydrogens (primary N) is 1. The number of phenolic OH excluding ortho intramolecular Hbond substituents is 2. The SMILES string of the molecule is N[C@H](CO)c1cc(O)ccc1O. The van der Waals surface area contributed by atoms with E-state index >= 15 is 0 Å². The Morgan fingerprint density at radius 3 is 2.58 bits per heavy atom. The molecule has 0 fully saturated rings. The maximum atomic E-state index is 9.23. The molecule has 0 heterocycles. The molecule has 1 aromatic carbocycles. The molecule has 12 heavy (non-hydrogen) atoms. The summed E-state index contributed by atoms with van der Waals surface area (Å²) in [5, 5.41) is 27.0. The van der Waals surface area contributed by atoms with Crippen LogP contribution in [0.5, 0.6) is 11.5 Å². The molecule has 66 valence electrons. The van der Waals surface area contributed by atoms with Crippen molar-refractivity contribution in [3.63, 3.8) is 0 Å². The summed E-state index contributed by atoms with van der Waals surface area (Å²) in [7, 11) is 0. The molecule has 0 spiro atoms. The van der Waals surface area contributed by atoms with E-state index in [0.29, 0.717) is 5.56 Å². The van der Waals surface area contributed by atoms with Crippen LogP contribution in [-0.4, -0.2) is 21.9 Å². The van der Waals surface area contributed by atoms with Crippen LogP contribution in [0.25, 0.3) is 0 Å². The van der Waals surface area contributed by atoms with Crippen LogP contribution in [-0.2, 0) is 0 Å². The van der Waals surface area contributed by atoms with E-state index < -0.39 is 6.04 Å². The first-order chi connectivity index (χ1) is 5.65. The standard InChI is InChI=1S/C8H11NO3/c9-7(4-10)6-3-5(11)1-2-8(6)12/h1-3,7,10-12H,4,9H2/t7-/m1/s1. The molecule has 4 heteroatoms. The molecule has 1 atom stereocenters. The summed E-state index contributed by atoms with van der Waals surface area (Å²) in [6.45, 7) is -0.267. The van der Waals surface area contributed by atoms with Gasteiger partial charge in [0.05, 0.1) is 12.6 Å². The predicted molar refractivity (Wildman–Crippen MR) is 43.8 cm³/mol. The third-order valence-electron chi connectivity index (χ3n) is 1.61. The molecule has 0 amide bonds. The van der Waals surface area contributed by atoms with E-state index in [1.165, 1.54) is 18.2 Å². The molecular formula is C8H11NO3. The molecule has 1 aromatic rings. The number of hydrogen-bond donors (Lipinski definition) is 4. The van der Waals surface area contributed by atoms with Crippen molar-refractivity contribution >= 4 is 0 Å². The zero-order chi connectivity index (χ0) is 9.14. The van der Waals surface area contributed by atoms with Gasteiger partial charge in [0.25, 0.3) is 0 Å². The Hall–Kier alpha value is -1.26. The Balaban J connectivity index is 3.04. The second kappa shape index (κ2) is 3.42. The first-order valence-corrected chi connectivity index (χ1v) is 3.53. The average Bonchev–Trinajstić information content (AvgIpc) is 2.08. The van der Waals surface area contributed by atoms with Crippen molar-refractivity contribution in [3.05, 3.63) is 23.8 Å². The summed E-state index contributed by atoms with van der Waals surface area (Å²) >= 11 is 0. The molecule has 4 nitrogen and oxygen atoms in total. The second-order valence-electron chi connectivity index (χ2n) is 2.53. The summed E-state index contributed by atoms with van der Waals surface area (Å²) in [6, 6.07) is 3.36. The normalized spacial score (nSPS) is 12.8. The Morgan fingerprint density at radius 2 is 2.00 bits per heavy atom. The van der Waals surface area contributed by atoms with E-state index in [1.54, 1.807) is 0 Å². The van der Waals surface area contributed by atoms with Crippen molar-refractivity contribution in [3.8, 4) is 11.5 Å². The molecule has 5 N–H and O–H groups in total. The van der Waals surface area contributed by atoms with Gasteiger partial charge in [-0.25, -0.2) is 0 Å². The van der Waals surface area contributed by atoms with E-state index in [9.17, 15) is 5.11 Å². The van der Waals surface area contributed by atoms with Crippen molar-refractivity contribution in [2.45, 2.75) is 6.04 Å². The van der Waals surface area contributed by atoms with Gasteiger partial charge in [-0.1, -0.05) is 0 Å². The minimum Gasteiger partial charge on any atom is -0.508 e. The number of aliphatic hydroxyl groups excluding tert-OH is 1. The van der Waals surface area contributed by atoms with Crippen LogP contribution in [0.1, 0.15) is 11.6 Å². The minimum atomic E-state index is -0.655. The lowest BCUT2D eigenvalue weighted by atomic mass is 10.1. The maximum absolute atomic E-state index is 9.23. The summed E-state index contributed by atoms with van der Waals surface area (Å²) in [5.74, 6) is 0.000972. The molecule has 0 unspecified atom stereocenters. The van der Waals surface area contributed by atoms with Gasteiger partial charge in [-0.2, -0.15) is 0 Å². The minimum absolute atomic E-state index is 0.0191. The lowest BCUT2D eigenvalue weighted by Gasteiger charge is -2.10. The molecule has 0 saturated carbocycles. The quantitative estimate of drug-likeness (QED) is 0.472. The van der Waals surface area contributed by atoms with Crippen LogP contribution in [0, 0.1) is 0 Å². The van der Waals surface area contributed by atoms with Crippen LogP contribution in [0.4, 0.5) is 0 Å². The predicted octanol–water partition coefficient (Wildman–Crippen LogP) is 0.0899. The van der Waals surface area contributed by atoms with E-state index in [-0.39, 0.29) is 18.1 Å². The highest BCUT2D eigenvalue weighted by atomic mass is 16.3. The Bertz CT molecular complexity index is 275. The summed E-state index contributed by atoms with van der Waals surface area (Å²) in [5.41, 5.74) is 5.79. The number of aromatic hydroxyl groups is 2. The van der Waals surface area contributed by atoms with Gasteiger partial charge in [-0.15, -0.1) is 0 Å². The van der Waals surface area contributed by atoms with Crippen molar-refractivity contribution in [2.24, 2.45) is 5.73 Å². The van der Waals surface area contributed by atoms with Crippen molar-refractivity contribution in [1.82, 2.24) is 0 Å². The lowest BCUT2D eigenvalue weighted by Crippen LogP contribution is -2.14. The highest BCUT2D eigenvalue weighted by Gasteiger charge is 2.09. The summed E-state index contributed by atoms with van der Waals surface area (Å²) < 4.78 is 0. The van der Waals surface area contributed by atoms with E-state index in [4.69, 9.17) is 15.9 Å². The van der Waals surface area contributed by atoms with E-state index in [2.05, 4.69) is 0 Å². The fourth-order valence-electron chi connectivity index (χ4n) is 0.937. The number of hydrogen-bond acceptors (Lipinski definition) is 4. The van der Waals surface area contributed by atoms with Gasteiger partial charge in [0.1, 0.15) is 11.5 Å².